The van der Waals surface area contributed by atoms with E-state index in [0.717, 1.165) is 25.7 Å². The molecular weight excluding hydrogens is 240 g/mol. The van der Waals surface area contributed by atoms with E-state index < -0.39 is 0 Å². The molecule has 0 bridgehead atoms. The maximum Gasteiger partial charge on any atom is 0.0376 e. The summed E-state index contributed by atoms with van der Waals surface area (Å²) in [5.74, 6) is 0. The largest absolute Gasteiger partial charge is 0.123 e. The molecule has 0 nitrogen and oxygen atoms in total. The number of hydrogen-bond donors (Lipinski definition) is 0. The molecule has 0 amide bonds. The van der Waals surface area contributed by atoms with Gasteiger partial charge in [0.25, 0.3) is 0 Å². The fourth-order valence-electron chi connectivity index (χ4n) is 2.14. The van der Waals surface area contributed by atoms with Crippen molar-refractivity contribution in [2.75, 3.05) is 0 Å². The van der Waals surface area contributed by atoms with Gasteiger partial charge >= 0.3 is 0 Å². The van der Waals surface area contributed by atoms with Crippen LogP contribution in [0, 0.1) is 0 Å². The molecule has 0 aromatic heterocycles. The van der Waals surface area contributed by atoms with Crippen molar-refractivity contribution >= 4 is 11.6 Å². The van der Waals surface area contributed by atoms with Gasteiger partial charge in [0.15, 0.2) is 0 Å². The minimum atomic E-state index is 0.246. The number of rotatable bonds is 6. The molecule has 1 heteroatoms. The predicted molar refractivity (Wildman–Crippen MR) is 79.2 cm³/mol. The Hall–Kier alpha value is -1.27. The highest BCUT2D eigenvalue weighted by Gasteiger charge is 2.05. The summed E-state index contributed by atoms with van der Waals surface area (Å²) in [4.78, 5) is 0. The van der Waals surface area contributed by atoms with Crippen LogP contribution in [0.4, 0.5) is 0 Å². The van der Waals surface area contributed by atoms with E-state index in [1.165, 1.54) is 11.1 Å². The first kappa shape index (κ1) is 13.2. The van der Waals surface area contributed by atoms with E-state index in [9.17, 15) is 0 Å². The molecule has 1 unspecified atom stereocenters. The number of alkyl halides is 1. The SMILES string of the molecule is ClC(CCCc1ccccc1)Cc1ccccc1. The molecule has 0 saturated heterocycles. The molecule has 0 radical (unpaired) electrons. The fourth-order valence-corrected chi connectivity index (χ4v) is 2.48. The van der Waals surface area contributed by atoms with Crippen LogP contribution in [0.25, 0.3) is 0 Å². The van der Waals surface area contributed by atoms with Gasteiger partial charge in [-0.1, -0.05) is 60.7 Å². The van der Waals surface area contributed by atoms with E-state index in [1.54, 1.807) is 0 Å². The summed E-state index contributed by atoms with van der Waals surface area (Å²) in [6, 6.07) is 21.1. The lowest BCUT2D eigenvalue weighted by Crippen LogP contribution is -2.03. The molecule has 0 N–H and O–H groups in total. The molecule has 0 aliphatic carbocycles. The Morgan fingerprint density at radius 1 is 0.778 bits per heavy atom. The van der Waals surface area contributed by atoms with Gasteiger partial charge in [0, 0.05) is 5.38 Å². The highest BCUT2D eigenvalue weighted by atomic mass is 35.5. The van der Waals surface area contributed by atoms with E-state index in [0.29, 0.717) is 0 Å². The van der Waals surface area contributed by atoms with Crippen LogP contribution in [-0.2, 0) is 12.8 Å². The standard InChI is InChI=1S/C17H19Cl/c18-17(14-16-10-5-2-6-11-16)13-7-12-15-8-3-1-4-9-15/h1-6,8-11,17H,7,12-14H2. The highest BCUT2D eigenvalue weighted by molar-refractivity contribution is 6.20. The zero-order chi connectivity index (χ0) is 12.6. The Balaban J connectivity index is 1.71. The molecule has 2 rings (SSSR count). The first-order valence-corrected chi connectivity index (χ1v) is 7.00. The van der Waals surface area contributed by atoms with Crippen LogP contribution in [-0.4, -0.2) is 5.38 Å². The second kappa shape index (κ2) is 7.23. The average Bonchev–Trinajstić information content (AvgIpc) is 2.41. The van der Waals surface area contributed by atoms with Crippen molar-refractivity contribution in [2.24, 2.45) is 0 Å². The third kappa shape index (κ3) is 4.54. The summed E-state index contributed by atoms with van der Waals surface area (Å²) < 4.78 is 0. The average molecular weight is 259 g/mol. The molecule has 0 aliphatic rings. The lowest BCUT2D eigenvalue weighted by atomic mass is 10.0. The van der Waals surface area contributed by atoms with E-state index >= 15 is 0 Å². The smallest absolute Gasteiger partial charge is 0.0376 e. The van der Waals surface area contributed by atoms with Crippen LogP contribution in [0.3, 0.4) is 0 Å². The zero-order valence-corrected chi connectivity index (χ0v) is 11.3. The van der Waals surface area contributed by atoms with Crippen molar-refractivity contribution in [3.63, 3.8) is 0 Å². The molecule has 0 fully saturated rings. The first-order chi connectivity index (χ1) is 8.84. The lowest BCUT2D eigenvalue weighted by Gasteiger charge is -2.09. The van der Waals surface area contributed by atoms with Crippen LogP contribution in [0.2, 0.25) is 0 Å². The molecule has 2 aromatic carbocycles. The first-order valence-electron chi connectivity index (χ1n) is 6.56. The predicted octanol–water partition coefficient (Wildman–Crippen LogP) is 4.86. The lowest BCUT2D eigenvalue weighted by molar-refractivity contribution is 0.686. The topological polar surface area (TPSA) is 0 Å². The number of benzene rings is 2. The van der Waals surface area contributed by atoms with Gasteiger partial charge in [0.2, 0.25) is 0 Å². The van der Waals surface area contributed by atoms with E-state index in [2.05, 4.69) is 54.6 Å². The van der Waals surface area contributed by atoms with Crippen molar-refractivity contribution in [2.45, 2.75) is 31.1 Å². The molecular formula is C17H19Cl. The molecule has 0 spiro atoms. The Morgan fingerprint density at radius 2 is 1.33 bits per heavy atom. The quantitative estimate of drug-likeness (QED) is 0.649. The zero-order valence-electron chi connectivity index (χ0n) is 10.6. The maximum atomic E-state index is 6.38. The van der Waals surface area contributed by atoms with E-state index in [4.69, 9.17) is 11.6 Å². The van der Waals surface area contributed by atoms with Crippen molar-refractivity contribution in [3.05, 3.63) is 71.8 Å². The maximum absolute atomic E-state index is 6.38. The molecule has 18 heavy (non-hydrogen) atoms. The molecule has 0 saturated carbocycles. The van der Waals surface area contributed by atoms with Crippen LogP contribution < -0.4 is 0 Å². The van der Waals surface area contributed by atoms with Gasteiger partial charge in [-0.25, -0.2) is 0 Å². The van der Waals surface area contributed by atoms with Crippen molar-refractivity contribution < 1.29 is 0 Å². The van der Waals surface area contributed by atoms with Gasteiger partial charge in [0.1, 0.15) is 0 Å². The Kier molecular flexibility index (Phi) is 5.29. The Labute approximate surface area is 115 Å². The number of hydrogen-bond acceptors (Lipinski definition) is 0. The molecule has 2 aromatic rings. The third-order valence-corrected chi connectivity index (χ3v) is 3.50. The van der Waals surface area contributed by atoms with Crippen LogP contribution >= 0.6 is 11.6 Å². The van der Waals surface area contributed by atoms with Crippen LogP contribution in [0.5, 0.6) is 0 Å². The molecule has 0 heterocycles. The van der Waals surface area contributed by atoms with Gasteiger partial charge in [-0.3, -0.25) is 0 Å². The van der Waals surface area contributed by atoms with Gasteiger partial charge in [-0.15, -0.1) is 11.6 Å². The minimum Gasteiger partial charge on any atom is -0.123 e. The van der Waals surface area contributed by atoms with Gasteiger partial charge in [-0.05, 0) is 36.8 Å². The molecule has 1 atom stereocenters. The number of halogens is 1. The van der Waals surface area contributed by atoms with Crippen molar-refractivity contribution in [1.82, 2.24) is 0 Å². The van der Waals surface area contributed by atoms with E-state index in [1.807, 2.05) is 6.07 Å². The Morgan fingerprint density at radius 3 is 1.94 bits per heavy atom. The third-order valence-electron chi connectivity index (χ3n) is 3.13. The summed E-state index contributed by atoms with van der Waals surface area (Å²) in [6.45, 7) is 0. The van der Waals surface area contributed by atoms with Crippen LogP contribution in [0.15, 0.2) is 60.7 Å². The normalized spacial score (nSPS) is 12.3. The summed E-state index contributed by atoms with van der Waals surface area (Å²) >= 11 is 6.38. The van der Waals surface area contributed by atoms with E-state index in [-0.39, 0.29) is 5.38 Å². The monoisotopic (exact) mass is 258 g/mol. The summed E-state index contributed by atoms with van der Waals surface area (Å²) in [5, 5.41) is 0.246. The highest BCUT2D eigenvalue weighted by Crippen LogP contribution is 2.15. The summed E-state index contributed by atoms with van der Waals surface area (Å²) in [5.41, 5.74) is 2.73. The Bertz CT molecular complexity index is 436. The molecule has 0 aliphatic heterocycles. The van der Waals surface area contributed by atoms with Crippen LogP contribution in [0.1, 0.15) is 24.0 Å². The minimum absolute atomic E-state index is 0.246. The fraction of sp³-hybridized carbons (Fsp3) is 0.294. The van der Waals surface area contributed by atoms with Crippen molar-refractivity contribution in [1.29, 1.82) is 0 Å². The van der Waals surface area contributed by atoms with Crippen molar-refractivity contribution in [3.8, 4) is 0 Å². The summed E-state index contributed by atoms with van der Waals surface area (Å²) in [6.07, 6.45) is 4.33. The summed E-state index contributed by atoms with van der Waals surface area (Å²) in [7, 11) is 0. The number of aryl methyl sites for hydroxylation is 1. The van der Waals surface area contributed by atoms with Gasteiger partial charge < -0.3 is 0 Å². The van der Waals surface area contributed by atoms with Gasteiger partial charge in [-0.2, -0.15) is 0 Å². The second-order valence-corrected chi connectivity index (χ2v) is 5.28. The second-order valence-electron chi connectivity index (χ2n) is 4.66. The van der Waals surface area contributed by atoms with Gasteiger partial charge in [0.05, 0.1) is 0 Å². The molecule has 94 valence electrons.